The molecular weight excluding hydrogens is 490 g/mol. The van der Waals surface area contributed by atoms with E-state index in [0.29, 0.717) is 39.2 Å². The van der Waals surface area contributed by atoms with E-state index in [2.05, 4.69) is 5.32 Å². The van der Waals surface area contributed by atoms with Crippen molar-refractivity contribution in [3.8, 4) is 5.75 Å². The summed E-state index contributed by atoms with van der Waals surface area (Å²) in [5.41, 5.74) is 2.05. The van der Waals surface area contributed by atoms with Crippen LogP contribution in [0.15, 0.2) is 72.1 Å². The van der Waals surface area contributed by atoms with Gasteiger partial charge in [-0.15, -0.1) is 11.3 Å². The maximum atomic E-state index is 12.7. The van der Waals surface area contributed by atoms with E-state index < -0.39 is 17.9 Å². The minimum Gasteiger partial charge on any atom is -0.489 e. The Morgan fingerprint density at radius 3 is 2.49 bits per heavy atom. The molecular formula is C28H31N3O5S. The van der Waals surface area contributed by atoms with Gasteiger partial charge in [0.15, 0.2) is 0 Å². The summed E-state index contributed by atoms with van der Waals surface area (Å²) < 4.78 is 5.81. The average molecular weight is 522 g/mol. The van der Waals surface area contributed by atoms with Gasteiger partial charge in [0.1, 0.15) is 18.5 Å². The van der Waals surface area contributed by atoms with Gasteiger partial charge in [-0.3, -0.25) is 14.4 Å². The first-order valence-corrected chi connectivity index (χ1v) is 13.2. The Hall–Kier alpha value is -3.69. The minimum atomic E-state index is -1.47. The van der Waals surface area contributed by atoms with Crippen LogP contribution in [0.2, 0.25) is 0 Å². The summed E-state index contributed by atoms with van der Waals surface area (Å²) in [7, 11) is 0. The quantitative estimate of drug-likeness (QED) is 0.404. The van der Waals surface area contributed by atoms with Crippen LogP contribution in [0, 0.1) is 0 Å². The first-order chi connectivity index (χ1) is 18.0. The molecule has 2 heterocycles. The number of aliphatic hydroxyl groups excluding tert-OH is 1. The predicted octanol–water partition coefficient (Wildman–Crippen LogP) is 2.61. The highest BCUT2D eigenvalue weighted by Gasteiger charge is 2.31. The second kappa shape index (κ2) is 13.0. The third-order valence-electron chi connectivity index (χ3n) is 6.11. The molecule has 0 saturated carbocycles. The summed E-state index contributed by atoms with van der Waals surface area (Å²) in [6.45, 7) is 1.90. The normalized spacial score (nSPS) is 14.4. The number of nitrogens with one attached hydrogen (secondary N) is 1. The van der Waals surface area contributed by atoms with Crippen LogP contribution in [0.3, 0.4) is 0 Å². The third-order valence-corrected chi connectivity index (χ3v) is 7.05. The van der Waals surface area contributed by atoms with Crippen molar-refractivity contribution in [3.63, 3.8) is 0 Å². The Bertz CT molecular complexity index is 1170. The van der Waals surface area contributed by atoms with E-state index in [-0.39, 0.29) is 18.9 Å². The van der Waals surface area contributed by atoms with E-state index in [0.717, 1.165) is 21.8 Å². The molecule has 2 N–H and O–H groups in total. The Labute approximate surface area is 220 Å². The van der Waals surface area contributed by atoms with Crippen molar-refractivity contribution in [3.05, 3.63) is 88.1 Å². The second-order valence-corrected chi connectivity index (χ2v) is 9.92. The SMILES string of the molecule is O=C(C[C@@H](O)C(=O)N1CCN(Cc2ccc(OCc3ccccc3)cc2)C(=O)C1)NCCc1cccs1. The van der Waals surface area contributed by atoms with Gasteiger partial charge in [-0.1, -0.05) is 48.5 Å². The fourth-order valence-corrected chi connectivity index (χ4v) is 4.75. The van der Waals surface area contributed by atoms with E-state index in [1.807, 2.05) is 72.1 Å². The zero-order valence-electron chi connectivity index (χ0n) is 20.5. The topological polar surface area (TPSA) is 99.2 Å². The zero-order valence-corrected chi connectivity index (χ0v) is 21.4. The first-order valence-electron chi connectivity index (χ1n) is 12.3. The van der Waals surface area contributed by atoms with Crippen LogP contribution in [-0.4, -0.2) is 64.9 Å². The van der Waals surface area contributed by atoms with Gasteiger partial charge >= 0.3 is 0 Å². The molecule has 0 radical (unpaired) electrons. The number of carbonyl (C=O) groups is 3. The maximum Gasteiger partial charge on any atom is 0.252 e. The summed E-state index contributed by atoms with van der Waals surface area (Å²) >= 11 is 1.61. The number of benzene rings is 2. The highest BCUT2D eigenvalue weighted by molar-refractivity contribution is 7.09. The van der Waals surface area contributed by atoms with E-state index in [1.165, 1.54) is 4.90 Å². The van der Waals surface area contributed by atoms with Crippen LogP contribution in [0.1, 0.15) is 22.4 Å². The number of ether oxygens (including phenoxy) is 1. The van der Waals surface area contributed by atoms with E-state index in [1.54, 1.807) is 16.2 Å². The summed E-state index contributed by atoms with van der Waals surface area (Å²) in [6, 6.07) is 21.5. The van der Waals surface area contributed by atoms with Gasteiger partial charge in [0, 0.05) is 31.1 Å². The Balaban J connectivity index is 1.18. The summed E-state index contributed by atoms with van der Waals surface area (Å²) in [5.74, 6) is -0.435. The van der Waals surface area contributed by atoms with E-state index in [4.69, 9.17) is 4.74 Å². The molecule has 37 heavy (non-hydrogen) atoms. The fourth-order valence-electron chi connectivity index (χ4n) is 4.04. The molecule has 1 saturated heterocycles. The van der Waals surface area contributed by atoms with Gasteiger partial charge in [0.05, 0.1) is 13.0 Å². The largest absolute Gasteiger partial charge is 0.489 e. The standard InChI is InChI=1S/C28H31N3O5S/c32-25(17-26(33)29-13-12-24-7-4-16-37-24)28(35)31-15-14-30(27(34)19-31)18-21-8-10-23(11-9-21)36-20-22-5-2-1-3-6-22/h1-11,16,25,32H,12-15,17-20H2,(H,29,33)/t25-/m1/s1. The van der Waals surface area contributed by atoms with Crippen molar-refractivity contribution in [2.45, 2.75) is 32.1 Å². The van der Waals surface area contributed by atoms with Crippen LogP contribution in [0.25, 0.3) is 0 Å². The first kappa shape index (κ1) is 26.4. The number of piperazine rings is 1. The number of amides is 3. The molecule has 0 aliphatic carbocycles. The summed E-state index contributed by atoms with van der Waals surface area (Å²) in [5, 5.41) is 15.0. The molecule has 9 heteroatoms. The van der Waals surface area contributed by atoms with Crippen molar-refractivity contribution in [1.29, 1.82) is 0 Å². The van der Waals surface area contributed by atoms with Crippen LogP contribution < -0.4 is 10.1 Å². The molecule has 8 nitrogen and oxygen atoms in total. The van der Waals surface area contributed by atoms with Gasteiger partial charge < -0.3 is 25.0 Å². The van der Waals surface area contributed by atoms with E-state index >= 15 is 0 Å². The summed E-state index contributed by atoms with van der Waals surface area (Å²) in [6.07, 6.45) is -1.09. The van der Waals surface area contributed by atoms with Crippen molar-refractivity contribution < 1.29 is 24.2 Å². The van der Waals surface area contributed by atoms with Gasteiger partial charge in [0.2, 0.25) is 11.8 Å². The Morgan fingerprint density at radius 1 is 1.00 bits per heavy atom. The number of aliphatic hydroxyl groups is 1. The molecule has 1 fully saturated rings. The molecule has 2 aromatic carbocycles. The molecule has 0 spiro atoms. The number of nitrogens with zero attached hydrogens (tertiary/aromatic N) is 2. The monoisotopic (exact) mass is 521 g/mol. The fraction of sp³-hybridized carbons (Fsp3) is 0.321. The van der Waals surface area contributed by atoms with Crippen LogP contribution in [0.5, 0.6) is 5.75 Å². The number of thiophene rings is 1. The average Bonchev–Trinajstić information content (AvgIpc) is 3.43. The predicted molar refractivity (Wildman–Crippen MR) is 141 cm³/mol. The molecule has 1 aromatic heterocycles. The second-order valence-electron chi connectivity index (χ2n) is 8.89. The highest BCUT2D eigenvalue weighted by atomic mass is 32.1. The lowest BCUT2D eigenvalue weighted by Crippen LogP contribution is -2.54. The molecule has 0 bridgehead atoms. The minimum absolute atomic E-state index is 0.117. The van der Waals surface area contributed by atoms with Crippen LogP contribution in [0.4, 0.5) is 0 Å². The van der Waals surface area contributed by atoms with Gasteiger partial charge in [-0.2, -0.15) is 0 Å². The van der Waals surface area contributed by atoms with Crippen LogP contribution in [-0.2, 0) is 34.0 Å². The van der Waals surface area contributed by atoms with Crippen molar-refractivity contribution in [2.75, 3.05) is 26.2 Å². The molecule has 1 aliphatic rings. The molecule has 3 amide bonds. The number of rotatable bonds is 11. The number of hydrogen-bond donors (Lipinski definition) is 2. The lowest BCUT2D eigenvalue weighted by Gasteiger charge is -2.35. The molecule has 194 valence electrons. The van der Waals surface area contributed by atoms with Crippen molar-refractivity contribution >= 4 is 29.1 Å². The lowest BCUT2D eigenvalue weighted by molar-refractivity contribution is -0.151. The molecule has 4 rings (SSSR count). The summed E-state index contributed by atoms with van der Waals surface area (Å²) in [4.78, 5) is 41.6. The zero-order chi connectivity index (χ0) is 26.0. The molecule has 1 atom stereocenters. The molecule has 3 aromatic rings. The Kier molecular flexibility index (Phi) is 9.29. The molecule has 1 aliphatic heterocycles. The van der Waals surface area contributed by atoms with Crippen LogP contribution >= 0.6 is 11.3 Å². The smallest absolute Gasteiger partial charge is 0.252 e. The Morgan fingerprint density at radius 2 is 1.78 bits per heavy atom. The lowest BCUT2D eigenvalue weighted by atomic mass is 10.1. The molecule has 0 unspecified atom stereocenters. The highest BCUT2D eigenvalue weighted by Crippen LogP contribution is 2.17. The van der Waals surface area contributed by atoms with Crippen molar-refractivity contribution in [1.82, 2.24) is 15.1 Å². The van der Waals surface area contributed by atoms with E-state index in [9.17, 15) is 19.5 Å². The number of carbonyl (C=O) groups excluding carboxylic acids is 3. The van der Waals surface area contributed by atoms with Gasteiger partial charge in [0.25, 0.3) is 5.91 Å². The third kappa shape index (κ3) is 7.90. The number of hydrogen-bond acceptors (Lipinski definition) is 6. The maximum absolute atomic E-state index is 12.7. The van der Waals surface area contributed by atoms with Crippen molar-refractivity contribution in [2.24, 2.45) is 0 Å². The van der Waals surface area contributed by atoms with Gasteiger partial charge in [-0.05, 0) is 41.1 Å². The van der Waals surface area contributed by atoms with Gasteiger partial charge in [-0.25, -0.2) is 0 Å².